The van der Waals surface area contributed by atoms with Gasteiger partial charge in [-0.05, 0) is 35.9 Å². The van der Waals surface area contributed by atoms with Crippen LogP contribution in [0, 0.1) is 5.82 Å². The van der Waals surface area contributed by atoms with Crippen molar-refractivity contribution in [2.24, 2.45) is 0 Å². The zero-order valence-corrected chi connectivity index (χ0v) is 12.5. The summed E-state index contributed by atoms with van der Waals surface area (Å²) in [6, 6.07) is 11.5. The van der Waals surface area contributed by atoms with Crippen molar-refractivity contribution in [3.63, 3.8) is 0 Å². The number of carboxylic acids is 1. The average Bonchev–Trinajstić information content (AvgIpc) is 2.46. The van der Waals surface area contributed by atoms with Crippen LogP contribution in [0.25, 0.3) is 6.08 Å². The lowest BCUT2D eigenvalue weighted by molar-refractivity contribution is -0.131. The third-order valence-electron chi connectivity index (χ3n) is 2.73. The summed E-state index contributed by atoms with van der Waals surface area (Å²) in [6.45, 7) is 0.108. The van der Waals surface area contributed by atoms with E-state index in [1.165, 1.54) is 12.1 Å². The Bertz CT molecular complexity index is 683. The minimum absolute atomic E-state index is 0.108. The van der Waals surface area contributed by atoms with E-state index in [4.69, 9.17) is 9.84 Å². The van der Waals surface area contributed by atoms with E-state index in [9.17, 15) is 9.18 Å². The second-order valence-electron chi connectivity index (χ2n) is 4.23. The fourth-order valence-corrected chi connectivity index (χ4v) is 2.06. The summed E-state index contributed by atoms with van der Waals surface area (Å²) in [6.07, 6.45) is 2.50. The maximum atomic E-state index is 13.5. The fraction of sp³-hybridized carbons (Fsp3) is 0.0625. The average molecular weight is 351 g/mol. The molecule has 1 N–H and O–H groups in total. The van der Waals surface area contributed by atoms with Crippen LogP contribution in [0.15, 0.2) is 53.0 Å². The van der Waals surface area contributed by atoms with Gasteiger partial charge in [0.1, 0.15) is 18.2 Å². The Hall–Kier alpha value is -2.14. The second kappa shape index (κ2) is 7.04. The predicted octanol–water partition coefficient (Wildman–Crippen LogP) is 4.27. The van der Waals surface area contributed by atoms with Crippen molar-refractivity contribution in [1.82, 2.24) is 0 Å². The first-order valence-electron chi connectivity index (χ1n) is 6.13. The van der Waals surface area contributed by atoms with Crippen LogP contribution in [0.4, 0.5) is 4.39 Å². The monoisotopic (exact) mass is 350 g/mol. The van der Waals surface area contributed by atoms with Gasteiger partial charge in [-0.2, -0.15) is 0 Å². The van der Waals surface area contributed by atoms with Gasteiger partial charge < -0.3 is 9.84 Å². The molecule has 0 aliphatic heterocycles. The van der Waals surface area contributed by atoms with Crippen molar-refractivity contribution < 1.29 is 19.0 Å². The molecule has 0 aliphatic carbocycles. The topological polar surface area (TPSA) is 46.5 Å². The minimum atomic E-state index is -1.03. The van der Waals surface area contributed by atoms with Crippen LogP contribution < -0.4 is 4.74 Å². The molecule has 2 rings (SSSR count). The molecule has 0 heterocycles. The van der Waals surface area contributed by atoms with Crippen LogP contribution in [0.2, 0.25) is 0 Å². The molecular weight excluding hydrogens is 339 g/mol. The van der Waals surface area contributed by atoms with Crippen molar-refractivity contribution in [3.05, 3.63) is 70.0 Å². The number of hydrogen-bond acceptors (Lipinski definition) is 2. The summed E-state index contributed by atoms with van der Waals surface area (Å²) in [4.78, 5) is 10.5. The first-order valence-corrected chi connectivity index (χ1v) is 6.92. The molecule has 2 aromatic carbocycles. The SMILES string of the molecule is O=C(O)/C=C/c1cc(OCc2ccccc2F)ccc1Br. The number of benzene rings is 2. The van der Waals surface area contributed by atoms with Gasteiger partial charge in [-0.3, -0.25) is 0 Å². The maximum absolute atomic E-state index is 13.5. The molecule has 2 aromatic rings. The standard InChI is InChI=1S/C16H12BrFO3/c17-14-7-6-13(9-11(14)5-8-16(19)20)21-10-12-3-1-2-4-15(12)18/h1-9H,10H2,(H,19,20)/b8-5+. The lowest BCUT2D eigenvalue weighted by atomic mass is 10.2. The molecule has 3 nitrogen and oxygen atoms in total. The van der Waals surface area contributed by atoms with Crippen LogP contribution in [0.3, 0.4) is 0 Å². The van der Waals surface area contributed by atoms with E-state index in [1.54, 1.807) is 36.4 Å². The number of rotatable bonds is 5. The Labute approximate surface area is 129 Å². The molecule has 0 aliphatic rings. The lowest BCUT2D eigenvalue weighted by Crippen LogP contribution is -1.98. The largest absolute Gasteiger partial charge is 0.489 e. The number of halogens is 2. The van der Waals surface area contributed by atoms with Crippen molar-refractivity contribution >= 4 is 28.0 Å². The number of carbonyl (C=O) groups is 1. The third-order valence-corrected chi connectivity index (χ3v) is 3.45. The molecule has 0 amide bonds. The summed E-state index contributed by atoms with van der Waals surface area (Å²) >= 11 is 3.33. The van der Waals surface area contributed by atoms with Crippen LogP contribution in [0.5, 0.6) is 5.75 Å². The Kier molecular flexibility index (Phi) is 5.11. The van der Waals surface area contributed by atoms with E-state index >= 15 is 0 Å². The van der Waals surface area contributed by atoms with Crippen molar-refractivity contribution in [2.45, 2.75) is 6.61 Å². The maximum Gasteiger partial charge on any atom is 0.328 e. The molecule has 0 saturated heterocycles. The second-order valence-corrected chi connectivity index (χ2v) is 5.09. The first-order chi connectivity index (χ1) is 10.1. The van der Waals surface area contributed by atoms with E-state index < -0.39 is 5.97 Å². The number of hydrogen-bond donors (Lipinski definition) is 1. The van der Waals surface area contributed by atoms with Crippen LogP contribution >= 0.6 is 15.9 Å². The molecule has 108 valence electrons. The van der Waals surface area contributed by atoms with E-state index in [0.29, 0.717) is 16.9 Å². The van der Waals surface area contributed by atoms with Gasteiger partial charge in [0, 0.05) is 16.1 Å². The van der Waals surface area contributed by atoms with Crippen LogP contribution in [-0.4, -0.2) is 11.1 Å². The van der Waals surface area contributed by atoms with Gasteiger partial charge in [0.2, 0.25) is 0 Å². The molecule has 0 radical (unpaired) electrons. The van der Waals surface area contributed by atoms with Crippen LogP contribution in [-0.2, 0) is 11.4 Å². The zero-order chi connectivity index (χ0) is 15.2. The number of aliphatic carboxylic acids is 1. The Morgan fingerprint density at radius 2 is 2.05 bits per heavy atom. The summed E-state index contributed by atoms with van der Waals surface area (Å²) in [5, 5.41) is 8.64. The normalized spacial score (nSPS) is 10.8. The van der Waals surface area contributed by atoms with Crippen molar-refractivity contribution in [2.75, 3.05) is 0 Å². The minimum Gasteiger partial charge on any atom is -0.489 e. The molecular formula is C16H12BrFO3. The first kappa shape index (κ1) is 15.3. The molecule has 0 bridgehead atoms. The zero-order valence-electron chi connectivity index (χ0n) is 10.9. The number of carboxylic acid groups (broad SMARTS) is 1. The molecule has 0 fully saturated rings. The lowest BCUT2D eigenvalue weighted by Gasteiger charge is -2.08. The molecule has 21 heavy (non-hydrogen) atoms. The molecule has 0 spiro atoms. The van der Waals surface area contributed by atoms with Crippen LogP contribution in [0.1, 0.15) is 11.1 Å². The highest BCUT2D eigenvalue weighted by atomic mass is 79.9. The quantitative estimate of drug-likeness (QED) is 0.819. The Morgan fingerprint density at radius 3 is 2.76 bits per heavy atom. The van der Waals surface area contributed by atoms with Gasteiger partial charge in [0.25, 0.3) is 0 Å². The molecule has 0 unspecified atom stereocenters. The van der Waals surface area contributed by atoms with E-state index in [2.05, 4.69) is 15.9 Å². The number of ether oxygens (including phenoxy) is 1. The predicted molar refractivity (Wildman–Crippen MR) is 81.5 cm³/mol. The van der Waals surface area contributed by atoms with Gasteiger partial charge in [-0.15, -0.1) is 0 Å². The summed E-state index contributed by atoms with van der Waals surface area (Å²) in [7, 11) is 0. The highest BCUT2D eigenvalue weighted by molar-refractivity contribution is 9.10. The van der Waals surface area contributed by atoms with Gasteiger partial charge >= 0.3 is 5.97 Å². The highest BCUT2D eigenvalue weighted by Crippen LogP contribution is 2.24. The van der Waals surface area contributed by atoms with Gasteiger partial charge in [0.15, 0.2) is 0 Å². The van der Waals surface area contributed by atoms with Crippen molar-refractivity contribution in [3.8, 4) is 5.75 Å². The van der Waals surface area contributed by atoms with Gasteiger partial charge in [0.05, 0.1) is 0 Å². The summed E-state index contributed by atoms with van der Waals surface area (Å²) in [5.41, 5.74) is 1.13. The molecule has 0 aromatic heterocycles. The van der Waals surface area contributed by atoms with E-state index in [0.717, 1.165) is 10.5 Å². The van der Waals surface area contributed by atoms with Crippen molar-refractivity contribution in [1.29, 1.82) is 0 Å². The highest BCUT2D eigenvalue weighted by Gasteiger charge is 2.04. The van der Waals surface area contributed by atoms with Gasteiger partial charge in [-0.1, -0.05) is 34.1 Å². The molecule has 0 saturated carbocycles. The Balaban J connectivity index is 2.12. The van der Waals surface area contributed by atoms with E-state index in [1.807, 2.05) is 0 Å². The summed E-state index contributed by atoms with van der Waals surface area (Å²) in [5.74, 6) is -0.813. The summed E-state index contributed by atoms with van der Waals surface area (Å²) < 4.78 is 19.8. The molecule has 5 heteroatoms. The molecule has 0 atom stereocenters. The third kappa shape index (κ3) is 4.43. The smallest absolute Gasteiger partial charge is 0.328 e. The van der Waals surface area contributed by atoms with E-state index in [-0.39, 0.29) is 12.4 Å². The van der Waals surface area contributed by atoms with Gasteiger partial charge in [-0.25, -0.2) is 9.18 Å². The Morgan fingerprint density at radius 1 is 1.29 bits per heavy atom. The fourth-order valence-electron chi connectivity index (χ4n) is 1.68.